The fraction of sp³-hybridized carbons (Fsp3) is 0.571. The van der Waals surface area contributed by atoms with Crippen LogP contribution in [0.4, 0.5) is 16.1 Å². The first-order valence-electron chi connectivity index (χ1n) is 10.9. The number of rotatable bonds is 10. The molecule has 1 aromatic heterocycles. The number of hydrazine groups is 2. The Balaban J connectivity index is 1.45. The summed E-state index contributed by atoms with van der Waals surface area (Å²) in [6.07, 6.45) is 3.46. The van der Waals surface area contributed by atoms with Crippen molar-refractivity contribution in [1.82, 2.24) is 25.9 Å². The summed E-state index contributed by atoms with van der Waals surface area (Å²) < 4.78 is 27.1. The average molecular weight is 450 g/mol. The van der Waals surface area contributed by atoms with Crippen LogP contribution in [0.2, 0.25) is 0 Å². The lowest BCUT2D eigenvalue weighted by molar-refractivity contribution is -0.499. The third kappa shape index (κ3) is 5.86. The van der Waals surface area contributed by atoms with E-state index in [9.17, 15) is 4.39 Å². The van der Waals surface area contributed by atoms with E-state index in [0.717, 1.165) is 31.8 Å². The highest BCUT2D eigenvalue weighted by Crippen LogP contribution is 2.24. The van der Waals surface area contributed by atoms with Gasteiger partial charge in [-0.15, -0.1) is 4.68 Å². The molecule has 0 bridgehead atoms. The van der Waals surface area contributed by atoms with Gasteiger partial charge in [0.2, 0.25) is 0 Å². The van der Waals surface area contributed by atoms with Gasteiger partial charge in [-0.25, -0.2) is 9.82 Å². The molecule has 1 aliphatic heterocycles. The Morgan fingerprint density at radius 3 is 2.75 bits per heavy atom. The molecule has 4 N–H and O–H groups in total. The van der Waals surface area contributed by atoms with Gasteiger partial charge in [0.05, 0.1) is 0 Å². The maximum atomic E-state index is 14.4. The van der Waals surface area contributed by atoms with E-state index in [1.807, 2.05) is 13.8 Å². The van der Waals surface area contributed by atoms with E-state index >= 15 is 0 Å². The Morgan fingerprint density at radius 1 is 1.41 bits per heavy atom. The van der Waals surface area contributed by atoms with Crippen molar-refractivity contribution in [3.05, 3.63) is 29.8 Å². The standard InChI is InChI=1S/C21H33FN8O2/c1-15(2)20-26-21(32-27-20)29-9-7-16(8-10-29)28(4)11-12-31-19-6-5-17(13-18(19)22)30(24-3)14-25-23/h5-6,13-16,24H,7-12,23H2,1-4H3/p+1. The normalized spacial score (nSPS) is 15.5. The third-order valence-corrected chi connectivity index (χ3v) is 5.65. The van der Waals surface area contributed by atoms with Crippen molar-refractivity contribution >= 4 is 18.0 Å². The van der Waals surface area contributed by atoms with Crippen molar-refractivity contribution in [3.8, 4) is 5.75 Å². The smallest absolute Gasteiger partial charge is 0.324 e. The van der Waals surface area contributed by atoms with Crippen molar-refractivity contribution in [2.45, 2.75) is 38.6 Å². The molecule has 2 heterocycles. The Bertz CT molecular complexity index is 896. The van der Waals surface area contributed by atoms with E-state index < -0.39 is 5.82 Å². The number of nitrogens with one attached hydrogen (secondary N) is 2. The number of halogens is 1. The minimum atomic E-state index is -0.426. The highest BCUT2D eigenvalue weighted by Gasteiger charge is 2.25. The number of hydrazone groups is 1. The van der Waals surface area contributed by atoms with Gasteiger partial charge < -0.3 is 14.2 Å². The molecule has 1 fully saturated rings. The Kier molecular flexibility index (Phi) is 8.23. The monoisotopic (exact) mass is 449 g/mol. The number of likely N-dealkylation sites (N-methyl/N-ethyl adjacent to an activating group) is 1. The van der Waals surface area contributed by atoms with Crippen LogP contribution >= 0.6 is 0 Å². The lowest BCUT2D eigenvalue weighted by Gasteiger charge is -2.35. The second-order valence-corrected chi connectivity index (χ2v) is 8.14. The number of anilines is 1. The molecule has 1 aromatic carbocycles. The minimum Gasteiger partial charge on any atom is -0.489 e. The summed E-state index contributed by atoms with van der Waals surface area (Å²) in [5.41, 5.74) is 5.89. The van der Waals surface area contributed by atoms with Crippen LogP contribution in [0.15, 0.2) is 22.7 Å². The van der Waals surface area contributed by atoms with Crippen molar-refractivity contribution in [2.24, 2.45) is 5.84 Å². The third-order valence-electron chi connectivity index (χ3n) is 5.65. The van der Waals surface area contributed by atoms with Crippen molar-refractivity contribution in [3.63, 3.8) is 0 Å². The van der Waals surface area contributed by atoms with Gasteiger partial charge >= 0.3 is 6.01 Å². The molecule has 0 spiro atoms. The molecule has 10 nitrogen and oxygen atoms in total. The number of nitrogens with two attached hydrogens (primary N) is 1. The van der Waals surface area contributed by atoms with Crippen LogP contribution in [-0.2, 0) is 0 Å². The maximum absolute atomic E-state index is 14.4. The van der Waals surface area contributed by atoms with E-state index in [4.69, 9.17) is 15.1 Å². The number of aromatic nitrogens is 2. The predicted octanol–water partition coefficient (Wildman–Crippen LogP) is 1.58. The minimum absolute atomic E-state index is 0.228. The highest BCUT2D eigenvalue weighted by molar-refractivity contribution is 5.50. The van der Waals surface area contributed by atoms with Crippen LogP contribution in [-0.4, -0.2) is 72.4 Å². The molecule has 0 radical (unpaired) electrons. The number of hydrogen-bond acceptors (Lipinski definition) is 8. The summed E-state index contributed by atoms with van der Waals surface area (Å²) in [5.74, 6) is 6.08. The number of ether oxygens (including phenoxy) is 1. The molecule has 0 aliphatic carbocycles. The Labute approximate surface area is 188 Å². The summed E-state index contributed by atoms with van der Waals surface area (Å²) in [5, 5.41) is 4.05. The van der Waals surface area contributed by atoms with Gasteiger partial charge in [-0.1, -0.05) is 19.0 Å². The van der Waals surface area contributed by atoms with Crippen LogP contribution in [0.3, 0.4) is 0 Å². The zero-order chi connectivity index (χ0) is 23.1. The average Bonchev–Trinajstić information content (AvgIpc) is 3.29. The molecule has 11 heteroatoms. The van der Waals surface area contributed by atoms with E-state index in [2.05, 4.69) is 37.8 Å². The summed E-state index contributed by atoms with van der Waals surface area (Å²) in [4.78, 5) is 8.89. The second-order valence-electron chi connectivity index (χ2n) is 8.14. The maximum Gasteiger partial charge on any atom is 0.324 e. The van der Waals surface area contributed by atoms with Crippen LogP contribution in [0, 0.1) is 5.82 Å². The fourth-order valence-electron chi connectivity index (χ4n) is 3.67. The molecule has 0 saturated carbocycles. The number of piperidine rings is 1. The van der Waals surface area contributed by atoms with Gasteiger partial charge in [0.25, 0.3) is 6.34 Å². The van der Waals surface area contributed by atoms with E-state index in [-0.39, 0.29) is 11.7 Å². The van der Waals surface area contributed by atoms with Crippen molar-refractivity contribution in [1.29, 1.82) is 0 Å². The number of nitrogens with zero attached hydrogens (tertiary/aromatic N) is 5. The molecular weight excluding hydrogens is 415 g/mol. The van der Waals surface area contributed by atoms with E-state index in [0.29, 0.717) is 30.9 Å². The van der Waals surface area contributed by atoms with Gasteiger partial charge in [0.15, 0.2) is 23.1 Å². The molecule has 2 aromatic rings. The zero-order valence-electron chi connectivity index (χ0n) is 19.2. The van der Waals surface area contributed by atoms with Gasteiger partial charge in [-0.05, 0) is 32.0 Å². The topological polar surface area (TPSA) is 108 Å². The molecule has 1 saturated heterocycles. The van der Waals surface area contributed by atoms with Gasteiger partial charge in [-0.2, -0.15) is 10.8 Å². The predicted molar refractivity (Wildman–Crippen MR) is 121 cm³/mol. The molecule has 176 valence electrons. The number of hydrogen-bond donors (Lipinski definition) is 3. The quantitative estimate of drug-likeness (QED) is 0.164. The lowest BCUT2D eigenvalue weighted by Crippen LogP contribution is -2.44. The molecular formula is C21H34FN8O2+. The summed E-state index contributed by atoms with van der Waals surface area (Å²) in [6.45, 7) is 6.93. The van der Waals surface area contributed by atoms with Gasteiger partial charge in [0, 0.05) is 44.7 Å². The summed E-state index contributed by atoms with van der Waals surface area (Å²) >= 11 is 0. The van der Waals surface area contributed by atoms with Crippen LogP contribution in [0.5, 0.6) is 5.75 Å². The SMILES string of the molecule is CN/[N+](=C\NN)c1ccc(OCCN(C)C2CCN(c3nc(C(C)C)no3)CC2)c(F)c1. The Morgan fingerprint density at radius 2 is 2.16 bits per heavy atom. The van der Waals surface area contributed by atoms with Crippen LogP contribution < -0.4 is 26.3 Å². The zero-order valence-corrected chi connectivity index (χ0v) is 19.2. The molecule has 0 atom stereocenters. The van der Waals surface area contributed by atoms with Gasteiger partial charge in [-0.3, -0.25) is 10.3 Å². The number of benzene rings is 1. The first-order valence-corrected chi connectivity index (χ1v) is 10.9. The summed E-state index contributed by atoms with van der Waals surface area (Å²) in [6, 6.07) is 5.80. The first kappa shape index (κ1) is 23.7. The van der Waals surface area contributed by atoms with Crippen LogP contribution in [0.1, 0.15) is 38.4 Å². The Hall–Kier alpha value is -2.92. The highest BCUT2D eigenvalue weighted by atomic mass is 19.1. The second kappa shape index (κ2) is 11.1. The molecule has 3 rings (SSSR count). The largest absolute Gasteiger partial charge is 0.489 e. The lowest BCUT2D eigenvalue weighted by atomic mass is 10.0. The van der Waals surface area contributed by atoms with E-state index in [1.165, 1.54) is 12.4 Å². The van der Waals surface area contributed by atoms with E-state index in [1.54, 1.807) is 23.9 Å². The molecule has 0 unspecified atom stereocenters. The van der Waals surface area contributed by atoms with Gasteiger partial charge in [0.1, 0.15) is 6.61 Å². The molecule has 1 aliphatic rings. The van der Waals surface area contributed by atoms with Crippen molar-refractivity contribution in [2.75, 3.05) is 45.2 Å². The first-order chi connectivity index (χ1) is 15.4. The summed E-state index contributed by atoms with van der Waals surface area (Å²) in [7, 11) is 3.79. The molecule has 0 amide bonds. The van der Waals surface area contributed by atoms with Crippen molar-refractivity contribution < 1.29 is 18.3 Å². The molecule has 32 heavy (non-hydrogen) atoms. The van der Waals surface area contributed by atoms with Crippen LogP contribution in [0.25, 0.3) is 0 Å². The fourth-order valence-corrected chi connectivity index (χ4v) is 3.67.